The second kappa shape index (κ2) is 4.25. The van der Waals surface area contributed by atoms with Gasteiger partial charge in [-0.3, -0.25) is 0 Å². The Morgan fingerprint density at radius 2 is 1.81 bits per heavy atom. The van der Waals surface area contributed by atoms with Crippen LogP contribution in [0, 0.1) is 0 Å². The Balaban J connectivity index is 3.07. The Morgan fingerprint density at radius 1 is 1.25 bits per heavy atom. The smallest absolute Gasteiger partial charge is 0.319 e. The molecule has 1 heterocycles. The molecule has 0 amide bonds. The molecule has 16 heavy (non-hydrogen) atoms. The van der Waals surface area contributed by atoms with Crippen molar-refractivity contribution in [2.24, 2.45) is 5.73 Å². The van der Waals surface area contributed by atoms with Crippen LogP contribution < -0.4 is 5.73 Å². The van der Waals surface area contributed by atoms with Gasteiger partial charge in [0.2, 0.25) is 0 Å². The van der Waals surface area contributed by atoms with Crippen LogP contribution in [0.2, 0.25) is 0 Å². The van der Waals surface area contributed by atoms with Gasteiger partial charge in [-0.15, -0.1) is 0 Å². The van der Waals surface area contributed by atoms with Gasteiger partial charge in [0.25, 0.3) is 0 Å². The number of hydrogen-bond acceptors (Lipinski definition) is 2. The third-order valence-corrected chi connectivity index (χ3v) is 2.31. The topological polar surface area (TPSA) is 38.9 Å². The first-order valence-corrected chi connectivity index (χ1v) is 4.77. The van der Waals surface area contributed by atoms with E-state index in [0.29, 0.717) is 0 Å². The minimum Gasteiger partial charge on any atom is -0.319 e. The van der Waals surface area contributed by atoms with Gasteiger partial charge in [0.05, 0.1) is 0 Å². The molecule has 0 fully saturated rings. The Bertz CT molecular complexity index is 379. The summed E-state index contributed by atoms with van der Waals surface area (Å²) in [4.78, 5) is 3.60. The Morgan fingerprint density at radius 3 is 2.25 bits per heavy atom. The fourth-order valence-electron chi connectivity index (χ4n) is 0.997. The predicted octanol–water partition coefficient (Wildman–Crippen LogP) is 3.04. The number of nitrogens with two attached hydrogens (primary N) is 1. The minimum atomic E-state index is -5.68. The molecule has 0 radical (unpaired) electrons. The molecule has 0 unspecified atom stereocenters. The molecule has 0 saturated heterocycles. The maximum Gasteiger partial charge on any atom is 0.455 e. The predicted molar refractivity (Wildman–Crippen MR) is 49.9 cm³/mol. The highest BCUT2D eigenvalue weighted by molar-refractivity contribution is 9.10. The van der Waals surface area contributed by atoms with Crippen molar-refractivity contribution >= 4 is 15.9 Å². The number of rotatable bonds is 2. The van der Waals surface area contributed by atoms with Gasteiger partial charge in [0.15, 0.2) is 0 Å². The van der Waals surface area contributed by atoms with E-state index in [0.717, 1.165) is 18.3 Å². The van der Waals surface area contributed by atoms with Crippen LogP contribution >= 0.6 is 15.9 Å². The van der Waals surface area contributed by atoms with Crippen molar-refractivity contribution in [3.63, 3.8) is 0 Å². The molecule has 0 aliphatic carbocycles. The SMILES string of the molecule is N[C@@H](c1ccnc(Br)c1)C(F)(F)C(F)(F)F. The largest absolute Gasteiger partial charge is 0.455 e. The summed E-state index contributed by atoms with van der Waals surface area (Å²) in [5.41, 5.74) is 4.57. The van der Waals surface area contributed by atoms with Crippen molar-refractivity contribution in [1.29, 1.82) is 0 Å². The van der Waals surface area contributed by atoms with E-state index in [1.807, 2.05) is 0 Å². The number of hydrogen-bond donors (Lipinski definition) is 1. The summed E-state index contributed by atoms with van der Waals surface area (Å²) in [5, 5.41) is 0. The molecule has 0 aliphatic heterocycles. The van der Waals surface area contributed by atoms with Crippen LogP contribution in [0.1, 0.15) is 11.6 Å². The second-order valence-electron chi connectivity index (χ2n) is 3.01. The number of halogens is 6. The fourth-order valence-corrected chi connectivity index (χ4v) is 1.38. The van der Waals surface area contributed by atoms with Crippen LogP contribution in [-0.2, 0) is 0 Å². The first-order chi connectivity index (χ1) is 7.16. The average molecular weight is 305 g/mol. The lowest BCUT2D eigenvalue weighted by Crippen LogP contribution is -2.45. The zero-order valence-electron chi connectivity index (χ0n) is 7.60. The third kappa shape index (κ3) is 2.49. The zero-order chi connectivity index (χ0) is 12.6. The van der Waals surface area contributed by atoms with Crippen molar-refractivity contribution in [3.8, 4) is 0 Å². The van der Waals surface area contributed by atoms with E-state index in [-0.39, 0.29) is 10.2 Å². The number of pyridine rings is 1. The summed E-state index contributed by atoms with van der Waals surface area (Å²) in [6.07, 6.45) is -4.59. The van der Waals surface area contributed by atoms with Gasteiger partial charge < -0.3 is 5.73 Å². The van der Waals surface area contributed by atoms with Crippen LogP contribution in [0.4, 0.5) is 22.0 Å². The minimum absolute atomic E-state index is 0.137. The van der Waals surface area contributed by atoms with E-state index in [2.05, 4.69) is 20.9 Å². The zero-order valence-corrected chi connectivity index (χ0v) is 9.19. The number of nitrogens with zero attached hydrogens (tertiary/aromatic N) is 1. The van der Waals surface area contributed by atoms with Gasteiger partial charge in [0.1, 0.15) is 10.6 Å². The molecular weight excluding hydrogens is 299 g/mol. The molecular formula is C8H6BrF5N2. The van der Waals surface area contributed by atoms with Crippen LogP contribution in [-0.4, -0.2) is 17.1 Å². The van der Waals surface area contributed by atoms with Crippen LogP contribution in [0.25, 0.3) is 0 Å². The molecule has 0 bridgehead atoms. The van der Waals surface area contributed by atoms with E-state index in [4.69, 9.17) is 5.73 Å². The van der Waals surface area contributed by atoms with Crippen LogP contribution in [0.15, 0.2) is 22.9 Å². The first-order valence-electron chi connectivity index (χ1n) is 3.98. The van der Waals surface area contributed by atoms with Crippen molar-refractivity contribution in [3.05, 3.63) is 28.5 Å². The fraction of sp³-hybridized carbons (Fsp3) is 0.375. The van der Waals surface area contributed by atoms with Crippen LogP contribution in [0.5, 0.6) is 0 Å². The maximum atomic E-state index is 12.9. The summed E-state index contributed by atoms with van der Waals surface area (Å²) in [6, 6.07) is -0.425. The quantitative estimate of drug-likeness (QED) is 0.674. The van der Waals surface area contributed by atoms with E-state index in [1.54, 1.807) is 0 Å². The van der Waals surface area contributed by atoms with Crippen molar-refractivity contribution < 1.29 is 22.0 Å². The van der Waals surface area contributed by atoms with Crippen molar-refractivity contribution in [1.82, 2.24) is 4.98 Å². The molecule has 8 heteroatoms. The van der Waals surface area contributed by atoms with Gasteiger partial charge >= 0.3 is 12.1 Å². The molecule has 0 aromatic carbocycles. The third-order valence-electron chi connectivity index (χ3n) is 1.88. The van der Waals surface area contributed by atoms with Crippen molar-refractivity contribution in [2.75, 3.05) is 0 Å². The van der Waals surface area contributed by atoms with Gasteiger partial charge in [-0.05, 0) is 33.6 Å². The highest BCUT2D eigenvalue weighted by Crippen LogP contribution is 2.43. The number of alkyl halides is 5. The lowest BCUT2D eigenvalue weighted by Gasteiger charge is -2.25. The first kappa shape index (κ1) is 13.3. The van der Waals surface area contributed by atoms with Crippen molar-refractivity contribution in [2.45, 2.75) is 18.1 Å². The summed E-state index contributed by atoms with van der Waals surface area (Å²) in [5.74, 6) is -4.98. The van der Waals surface area contributed by atoms with E-state index in [1.165, 1.54) is 0 Å². The molecule has 1 aromatic heterocycles. The van der Waals surface area contributed by atoms with Crippen LogP contribution in [0.3, 0.4) is 0 Å². The lowest BCUT2D eigenvalue weighted by molar-refractivity contribution is -0.291. The molecule has 90 valence electrons. The molecule has 1 atom stereocenters. The standard InChI is InChI=1S/C8H6BrF5N2/c9-5-3-4(1-2-16-5)6(15)7(10,11)8(12,13)14/h1-3,6H,15H2/t6-/m0/s1. The molecule has 2 nitrogen and oxygen atoms in total. The Labute approximate surface area is 95.8 Å². The summed E-state index contributed by atoms with van der Waals surface area (Å²) in [6.45, 7) is 0. The van der Waals surface area contributed by atoms with Gasteiger partial charge in [-0.25, -0.2) is 4.98 Å². The Hall–Kier alpha value is -0.760. The molecule has 2 N–H and O–H groups in total. The van der Waals surface area contributed by atoms with E-state index in [9.17, 15) is 22.0 Å². The summed E-state index contributed by atoms with van der Waals surface area (Å²) >= 11 is 2.85. The lowest BCUT2D eigenvalue weighted by atomic mass is 10.0. The van der Waals surface area contributed by atoms with E-state index >= 15 is 0 Å². The molecule has 1 aromatic rings. The monoisotopic (exact) mass is 304 g/mol. The molecule has 0 aliphatic rings. The molecule has 1 rings (SSSR count). The van der Waals surface area contributed by atoms with Gasteiger partial charge in [-0.1, -0.05) is 0 Å². The second-order valence-corrected chi connectivity index (χ2v) is 3.82. The normalized spacial score (nSPS) is 14.9. The average Bonchev–Trinajstić information content (AvgIpc) is 2.14. The van der Waals surface area contributed by atoms with Gasteiger partial charge in [0, 0.05) is 6.20 Å². The summed E-state index contributed by atoms with van der Waals surface area (Å²) in [7, 11) is 0. The summed E-state index contributed by atoms with van der Waals surface area (Å²) < 4.78 is 61.9. The molecule has 0 saturated carbocycles. The number of aromatic nitrogens is 1. The van der Waals surface area contributed by atoms with Gasteiger partial charge in [-0.2, -0.15) is 22.0 Å². The highest BCUT2D eigenvalue weighted by atomic mass is 79.9. The Kier molecular flexibility index (Phi) is 3.53. The highest BCUT2D eigenvalue weighted by Gasteiger charge is 2.61. The maximum absolute atomic E-state index is 12.9. The van der Waals surface area contributed by atoms with E-state index < -0.39 is 18.1 Å². The molecule has 0 spiro atoms.